The molecular weight excluding hydrogens is 330 g/mol. The average molecular weight is 351 g/mol. The molecule has 4 rings (SSSR count). The summed E-state index contributed by atoms with van der Waals surface area (Å²) in [6.45, 7) is 2.78. The van der Waals surface area contributed by atoms with Crippen molar-refractivity contribution in [2.45, 2.75) is 19.4 Å². The summed E-state index contributed by atoms with van der Waals surface area (Å²) in [4.78, 5) is 16.4. The zero-order valence-electron chi connectivity index (χ0n) is 14.3. The molecule has 1 aliphatic heterocycles. The fourth-order valence-corrected chi connectivity index (χ4v) is 3.84. The highest BCUT2D eigenvalue weighted by molar-refractivity contribution is 7.07. The molecular formula is C19H21N5S. The first-order valence-corrected chi connectivity index (χ1v) is 9.49. The van der Waals surface area contributed by atoms with E-state index >= 15 is 0 Å². The van der Waals surface area contributed by atoms with Crippen LogP contribution in [0.25, 0.3) is 11.5 Å². The Morgan fingerprint density at radius 2 is 2.08 bits per heavy atom. The number of rotatable bonds is 4. The fraction of sp³-hybridized carbons (Fsp3) is 0.316. The van der Waals surface area contributed by atoms with Crippen LogP contribution in [0.3, 0.4) is 0 Å². The number of thiophene rings is 1. The lowest BCUT2D eigenvalue weighted by Crippen LogP contribution is -2.21. The van der Waals surface area contributed by atoms with Gasteiger partial charge in [-0.25, -0.2) is 9.97 Å². The van der Waals surface area contributed by atoms with E-state index in [0.717, 1.165) is 49.7 Å². The second kappa shape index (κ2) is 7.29. The van der Waals surface area contributed by atoms with E-state index in [0.29, 0.717) is 5.82 Å². The molecule has 0 radical (unpaired) electrons. The van der Waals surface area contributed by atoms with Crippen molar-refractivity contribution in [3.63, 3.8) is 0 Å². The maximum Gasteiger partial charge on any atom is 0.180 e. The van der Waals surface area contributed by atoms with Crippen LogP contribution in [0.1, 0.15) is 16.8 Å². The van der Waals surface area contributed by atoms with Crippen LogP contribution >= 0.6 is 11.3 Å². The van der Waals surface area contributed by atoms with E-state index in [1.165, 1.54) is 11.1 Å². The Kier molecular flexibility index (Phi) is 4.72. The molecule has 128 valence electrons. The third-order valence-electron chi connectivity index (χ3n) is 4.42. The predicted octanol–water partition coefficient (Wildman–Crippen LogP) is 2.92. The normalized spacial score (nSPS) is 14.0. The zero-order valence-corrected chi connectivity index (χ0v) is 15.1. The Bertz CT molecular complexity index is 833. The molecule has 0 bridgehead atoms. The van der Waals surface area contributed by atoms with E-state index in [1.807, 2.05) is 18.2 Å². The lowest BCUT2D eigenvalue weighted by Gasteiger charge is -2.22. The van der Waals surface area contributed by atoms with Gasteiger partial charge >= 0.3 is 0 Å². The van der Waals surface area contributed by atoms with Gasteiger partial charge in [0, 0.05) is 38.3 Å². The minimum absolute atomic E-state index is 0.716. The maximum absolute atomic E-state index is 4.91. The van der Waals surface area contributed by atoms with Crippen LogP contribution < -0.4 is 10.2 Å². The molecule has 0 amide bonds. The van der Waals surface area contributed by atoms with Gasteiger partial charge in [0.25, 0.3) is 0 Å². The van der Waals surface area contributed by atoms with Crippen molar-refractivity contribution < 1.29 is 0 Å². The van der Waals surface area contributed by atoms with Crippen molar-refractivity contribution in [3.8, 4) is 11.5 Å². The number of hydrogen-bond acceptors (Lipinski definition) is 6. The van der Waals surface area contributed by atoms with E-state index in [2.05, 4.69) is 39.1 Å². The third-order valence-corrected chi connectivity index (χ3v) is 5.15. The Balaban J connectivity index is 1.77. The molecule has 0 fully saturated rings. The van der Waals surface area contributed by atoms with E-state index in [-0.39, 0.29) is 0 Å². The van der Waals surface area contributed by atoms with Crippen LogP contribution in [-0.4, -0.2) is 35.1 Å². The summed E-state index contributed by atoms with van der Waals surface area (Å²) in [5.74, 6) is 1.74. The molecule has 4 heterocycles. The molecule has 1 N–H and O–H groups in total. The molecule has 0 saturated carbocycles. The Labute approximate surface area is 151 Å². The number of aromatic nitrogens is 3. The molecule has 5 nitrogen and oxygen atoms in total. The highest BCUT2D eigenvalue weighted by atomic mass is 32.1. The van der Waals surface area contributed by atoms with Gasteiger partial charge in [-0.1, -0.05) is 6.07 Å². The molecule has 3 aromatic heterocycles. The van der Waals surface area contributed by atoms with Gasteiger partial charge in [-0.3, -0.25) is 4.98 Å². The van der Waals surface area contributed by atoms with Gasteiger partial charge in [-0.05, 0) is 47.5 Å². The first-order chi connectivity index (χ1) is 12.3. The molecule has 0 aromatic carbocycles. The monoisotopic (exact) mass is 351 g/mol. The summed E-state index contributed by atoms with van der Waals surface area (Å²) >= 11 is 1.73. The molecule has 0 saturated heterocycles. The highest BCUT2D eigenvalue weighted by Crippen LogP contribution is 2.27. The van der Waals surface area contributed by atoms with Crippen molar-refractivity contribution in [1.29, 1.82) is 0 Å². The van der Waals surface area contributed by atoms with Gasteiger partial charge in [0.15, 0.2) is 5.82 Å². The molecule has 0 unspecified atom stereocenters. The molecule has 25 heavy (non-hydrogen) atoms. The first kappa shape index (κ1) is 16.2. The highest BCUT2D eigenvalue weighted by Gasteiger charge is 2.20. The number of pyridine rings is 1. The quantitative estimate of drug-likeness (QED) is 0.783. The topological polar surface area (TPSA) is 53.9 Å². The zero-order chi connectivity index (χ0) is 17.1. The van der Waals surface area contributed by atoms with Gasteiger partial charge in [0.2, 0.25) is 0 Å². The number of hydrogen-bond donors (Lipinski definition) is 1. The molecule has 6 heteroatoms. The van der Waals surface area contributed by atoms with Gasteiger partial charge in [-0.2, -0.15) is 11.3 Å². The maximum atomic E-state index is 4.91. The molecule has 0 spiro atoms. The number of nitrogens with one attached hydrogen (secondary N) is 1. The SMILES string of the molecule is CN(Cc1ccsc1)c1nc(-c2ccccn2)nc2c1CCNCC2. The third kappa shape index (κ3) is 3.55. The lowest BCUT2D eigenvalue weighted by molar-refractivity contribution is 0.708. The minimum Gasteiger partial charge on any atom is -0.355 e. The van der Waals surface area contributed by atoms with Crippen LogP contribution in [0.5, 0.6) is 0 Å². The lowest BCUT2D eigenvalue weighted by atomic mass is 10.1. The van der Waals surface area contributed by atoms with Crippen molar-refractivity contribution in [3.05, 3.63) is 58.0 Å². The average Bonchev–Trinajstić information content (AvgIpc) is 3.04. The minimum atomic E-state index is 0.716. The number of fused-ring (bicyclic) bond motifs is 1. The summed E-state index contributed by atoms with van der Waals surface area (Å²) < 4.78 is 0. The summed E-state index contributed by atoms with van der Waals surface area (Å²) in [5.41, 5.74) is 4.55. The Morgan fingerprint density at radius 3 is 2.88 bits per heavy atom. The first-order valence-electron chi connectivity index (χ1n) is 8.55. The van der Waals surface area contributed by atoms with E-state index in [9.17, 15) is 0 Å². The summed E-state index contributed by atoms with van der Waals surface area (Å²) in [5, 5.41) is 7.77. The predicted molar refractivity (Wildman–Crippen MR) is 102 cm³/mol. The second-order valence-electron chi connectivity index (χ2n) is 6.25. The molecule has 0 atom stereocenters. The van der Waals surface area contributed by atoms with Crippen molar-refractivity contribution in [1.82, 2.24) is 20.3 Å². The standard InChI is InChI=1S/C19H21N5S/c1-24(12-14-7-11-25-13-14)19-15-5-9-20-10-6-16(15)22-18(23-19)17-4-2-3-8-21-17/h2-4,7-8,11,13,20H,5-6,9-10,12H2,1H3. The Morgan fingerprint density at radius 1 is 1.16 bits per heavy atom. The van der Waals surface area contributed by atoms with E-state index in [4.69, 9.17) is 9.97 Å². The largest absolute Gasteiger partial charge is 0.355 e. The van der Waals surface area contributed by atoms with Crippen LogP contribution in [0.4, 0.5) is 5.82 Å². The smallest absolute Gasteiger partial charge is 0.180 e. The summed E-state index contributed by atoms with van der Waals surface area (Å²) in [7, 11) is 2.11. The van der Waals surface area contributed by atoms with Gasteiger partial charge in [0.05, 0.1) is 5.69 Å². The van der Waals surface area contributed by atoms with Crippen LogP contribution in [0.2, 0.25) is 0 Å². The van der Waals surface area contributed by atoms with Gasteiger partial charge in [-0.15, -0.1) is 0 Å². The van der Waals surface area contributed by atoms with E-state index in [1.54, 1.807) is 17.5 Å². The van der Waals surface area contributed by atoms with Crippen molar-refractivity contribution in [2.24, 2.45) is 0 Å². The van der Waals surface area contributed by atoms with Crippen molar-refractivity contribution >= 4 is 17.2 Å². The van der Waals surface area contributed by atoms with Crippen LogP contribution in [0.15, 0.2) is 41.2 Å². The fourth-order valence-electron chi connectivity index (χ4n) is 3.18. The van der Waals surface area contributed by atoms with Crippen LogP contribution in [-0.2, 0) is 19.4 Å². The Hall–Kier alpha value is -2.31. The van der Waals surface area contributed by atoms with E-state index < -0.39 is 0 Å². The molecule has 3 aromatic rings. The number of nitrogens with zero attached hydrogens (tertiary/aromatic N) is 4. The summed E-state index contributed by atoms with van der Waals surface area (Å²) in [6.07, 6.45) is 3.68. The van der Waals surface area contributed by atoms with Crippen LogP contribution in [0, 0.1) is 0 Å². The van der Waals surface area contributed by atoms with Crippen molar-refractivity contribution in [2.75, 3.05) is 25.0 Å². The summed E-state index contributed by atoms with van der Waals surface area (Å²) in [6, 6.07) is 8.04. The molecule has 1 aliphatic rings. The van der Waals surface area contributed by atoms with Gasteiger partial charge < -0.3 is 10.2 Å². The molecule has 0 aliphatic carbocycles. The number of anilines is 1. The van der Waals surface area contributed by atoms with Gasteiger partial charge in [0.1, 0.15) is 11.5 Å². The second-order valence-corrected chi connectivity index (χ2v) is 7.03.